The predicted octanol–water partition coefficient (Wildman–Crippen LogP) is 0.882. The lowest BCUT2D eigenvalue weighted by Crippen LogP contribution is -2.31. The van der Waals surface area contributed by atoms with Gasteiger partial charge in [0.2, 0.25) is 5.91 Å². The lowest BCUT2D eigenvalue weighted by atomic mass is 9.94. The molecule has 1 unspecified atom stereocenters. The molecule has 0 heterocycles. The van der Waals surface area contributed by atoms with Gasteiger partial charge in [0.05, 0.1) is 0 Å². The molecule has 0 aromatic heterocycles. The normalized spacial score (nSPS) is 14.6. The van der Waals surface area contributed by atoms with Gasteiger partial charge in [-0.2, -0.15) is 0 Å². The summed E-state index contributed by atoms with van der Waals surface area (Å²) < 4.78 is 11.2. The van der Waals surface area contributed by atoms with Gasteiger partial charge in [-0.25, -0.2) is 0 Å². The minimum absolute atomic E-state index is 0.0224. The van der Waals surface area contributed by atoms with Gasteiger partial charge < -0.3 is 11.1 Å². The van der Waals surface area contributed by atoms with Crippen molar-refractivity contribution in [2.45, 2.75) is 33.6 Å². The van der Waals surface area contributed by atoms with E-state index in [0.29, 0.717) is 36.9 Å². The minimum Gasteiger partial charge on any atom is -0.355 e. The van der Waals surface area contributed by atoms with Crippen molar-refractivity contribution in [3.05, 3.63) is 0 Å². The topological polar surface area (TPSA) is 72.2 Å². The molecule has 0 aliphatic heterocycles. The van der Waals surface area contributed by atoms with E-state index in [2.05, 4.69) is 19.2 Å². The molecule has 0 bridgehead atoms. The molecule has 3 N–H and O–H groups in total. The fourth-order valence-corrected chi connectivity index (χ4v) is 2.33. The van der Waals surface area contributed by atoms with Crippen LogP contribution in [-0.4, -0.2) is 34.7 Å². The Balaban J connectivity index is 3.79. The van der Waals surface area contributed by atoms with Gasteiger partial charge in [-0.15, -0.1) is 0 Å². The van der Waals surface area contributed by atoms with Crippen molar-refractivity contribution in [2.24, 2.45) is 17.6 Å². The Labute approximate surface area is 107 Å². The van der Waals surface area contributed by atoms with Gasteiger partial charge in [-0.05, 0) is 24.8 Å². The largest absolute Gasteiger partial charge is 0.355 e. The average molecular weight is 262 g/mol. The minimum atomic E-state index is -0.806. The summed E-state index contributed by atoms with van der Waals surface area (Å²) in [5.41, 5.74) is 5.64. The zero-order chi connectivity index (χ0) is 13.3. The molecular formula is C12H26N2O2S. The highest BCUT2D eigenvalue weighted by Gasteiger charge is 2.13. The molecule has 102 valence electrons. The van der Waals surface area contributed by atoms with Gasteiger partial charge >= 0.3 is 0 Å². The van der Waals surface area contributed by atoms with Gasteiger partial charge in [-0.1, -0.05) is 20.8 Å². The molecule has 0 spiro atoms. The maximum absolute atomic E-state index is 11.6. The molecule has 0 aliphatic carbocycles. The first-order valence-electron chi connectivity index (χ1n) is 6.31. The van der Waals surface area contributed by atoms with Crippen molar-refractivity contribution < 1.29 is 9.00 Å². The molecule has 2 atom stereocenters. The highest BCUT2D eigenvalue weighted by atomic mass is 32.2. The molecule has 0 rings (SSSR count). The summed E-state index contributed by atoms with van der Waals surface area (Å²) >= 11 is 0. The van der Waals surface area contributed by atoms with Gasteiger partial charge in [0.15, 0.2) is 0 Å². The SMILES string of the molecule is CCS(=O)CCNC(=O)C[C@@H](CN)CC(C)C. The Bertz CT molecular complexity index is 245. The third kappa shape index (κ3) is 9.30. The maximum atomic E-state index is 11.6. The molecule has 0 saturated heterocycles. The fourth-order valence-electron chi connectivity index (χ4n) is 1.71. The zero-order valence-electron chi connectivity index (χ0n) is 11.2. The summed E-state index contributed by atoms with van der Waals surface area (Å²) in [6, 6.07) is 0. The van der Waals surface area contributed by atoms with Crippen molar-refractivity contribution in [1.82, 2.24) is 5.32 Å². The third-order valence-corrected chi connectivity index (χ3v) is 3.89. The van der Waals surface area contributed by atoms with Crippen molar-refractivity contribution in [1.29, 1.82) is 0 Å². The van der Waals surface area contributed by atoms with Crippen LogP contribution in [0.4, 0.5) is 0 Å². The third-order valence-electron chi connectivity index (χ3n) is 2.59. The second-order valence-electron chi connectivity index (χ2n) is 4.72. The molecule has 5 heteroatoms. The number of carbonyl (C=O) groups excluding carboxylic acids is 1. The number of hydrogen-bond donors (Lipinski definition) is 2. The Morgan fingerprint density at radius 1 is 1.41 bits per heavy atom. The summed E-state index contributed by atoms with van der Waals surface area (Å²) in [6.07, 6.45) is 1.46. The number of carbonyl (C=O) groups is 1. The van der Waals surface area contributed by atoms with Gasteiger partial charge in [0.25, 0.3) is 0 Å². The summed E-state index contributed by atoms with van der Waals surface area (Å²) in [7, 11) is -0.806. The first-order valence-corrected chi connectivity index (χ1v) is 7.80. The molecule has 0 radical (unpaired) electrons. The summed E-state index contributed by atoms with van der Waals surface area (Å²) in [6.45, 7) is 7.19. The van der Waals surface area contributed by atoms with Crippen LogP contribution in [0.2, 0.25) is 0 Å². The zero-order valence-corrected chi connectivity index (χ0v) is 12.0. The van der Waals surface area contributed by atoms with Crippen LogP contribution >= 0.6 is 0 Å². The quantitative estimate of drug-likeness (QED) is 0.648. The fraction of sp³-hybridized carbons (Fsp3) is 0.917. The van der Waals surface area contributed by atoms with Gasteiger partial charge in [0, 0.05) is 35.3 Å². The second kappa shape index (κ2) is 9.59. The van der Waals surface area contributed by atoms with Gasteiger partial charge in [-0.3, -0.25) is 9.00 Å². The van der Waals surface area contributed by atoms with Crippen molar-refractivity contribution in [2.75, 3.05) is 24.6 Å². The van der Waals surface area contributed by atoms with E-state index < -0.39 is 10.8 Å². The molecule has 0 fully saturated rings. The number of hydrogen-bond acceptors (Lipinski definition) is 3. The smallest absolute Gasteiger partial charge is 0.220 e. The molecule has 4 nitrogen and oxygen atoms in total. The summed E-state index contributed by atoms with van der Waals surface area (Å²) in [4.78, 5) is 11.6. The first-order chi connectivity index (χ1) is 7.99. The van der Waals surface area contributed by atoms with E-state index in [1.807, 2.05) is 6.92 Å². The molecule has 0 aromatic rings. The van der Waals surface area contributed by atoms with Gasteiger partial charge in [0.1, 0.15) is 0 Å². The molecule has 17 heavy (non-hydrogen) atoms. The Morgan fingerprint density at radius 3 is 2.53 bits per heavy atom. The Hall–Kier alpha value is -0.420. The number of nitrogens with two attached hydrogens (primary N) is 1. The highest BCUT2D eigenvalue weighted by molar-refractivity contribution is 7.84. The molecule has 0 aromatic carbocycles. The van der Waals surface area contributed by atoms with E-state index in [4.69, 9.17) is 5.73 Å². The molecule has 1 amide bonds. The maximum Gasteiger partial charge on any atom is 0.220 e. The van der Waals surface area contributed by atoms with Crippen LogP contribution in [-0.2, 0) is 15.6 Å². The van der Waals surface area contributed by atoms with Crippen LogP contribution in [0.15, 0.2) is 0 Å². The van der Waals surface area contributed by atoms with E-state index in [0.717, 1.165) is 6.42 Å². The molecular weight excluding hydrogens is 236 g/mol. The standard InChI is InChI=1S/C12H26N2O2S/c1-4-17(16)6-5-14-12(15)8-11(9-13)7-10(2)3/h10-11H,4-9,13H2,1-3H3,(H,14,15)/t11-,17?/m0/s1. The summed E-state index contributed by atoms with van der Waals surface area (Å²) in [5.74, 6) is 2.03. The number of amides is 1. The lowest BCUT2D eigenvalue weighted by molar-refractivity contribution is -0.121. The Kier molecular flexibility index (Phi) is 9.36. The van der Waals surface area contributed by atoms with E-state index in [1.165, 1.54) is 0 Å². The van der Waals surface area contributed by atoms with Crippen molar-refractivity contribution in [3.8, 4) is 0 Å². The van der Waals surface area contributed by atoms with E-state index >= 15 is 0 Å². The van der Waals surface area contributed by atoms with E-state index in [-0.39, 0.29) is 11.8 Å². The van der Waals surface area contributed by atoms with Crippen LogP contribution in [0.5, 0.6) is 0 Å². The van der Waals surface area contributed by atoms with Crippen molar-refractivity contribution in [3.63, 3.8) is 0 Å². The second-order valence-corrected chi connectivity index (χ2v) is 6.58. The molecule has 0 saturated carbocycles. The lowest BCUT2D eigenvalue weighted by Gasteiger charge is -2.16. The van der Waals surface area contributed by atoms with Crippen LogP contribution in [0.1, 0.15) is 33.6 Å². The Morgan fingerprint density at radius 2 is 2.06 bits per heavy atom. The predicted molar refractivity (Wildman–Crippen MR) is 73.2 cm³/mol. The van der Waals surface area contributed by atoms with Crippen LogP contribution in [0.3, 0.4) is 0 Å². The van der Waals surface area contributed by atoms with E-state index in [1.54, 1.807) is 0 Å². The van der Waals surface area contributed by atoms with Crippen LogP contribution in [0, 0.1) is 11.8 Å². The highest BCUT2D eigenvalue weighted by Crippen LogP contribution is 2.13. The van der Waals surface area contributed by atoms with E-state index in [9.17, 15) is 9.00 Å². The first kappa shape index (κ1) is 16.6. The van der Waals surface area contributed by atoms with Crippen LogP contribution < -0.4 is 11.1 Å². The summed E-state index contributed by atoms with van der Waals surface area (Å²) in [5, 5.41) is 2.80. The number of rotatable bonds is 9. The molecule has 0 aliphatic rings. The average Bonchev–Trinajstić information content (AvgIpc) is 2.27. The van der Waals surface area contributed by atoms with Crippen molar-refractivity contribution >= 4 is 16.7 Å². The number of nitrogens with one attached hydrogen (secondary N) is 1. The van der Waals surface area contributed by atoms with Crippen LogP contribution in [0.25, 0.3) is 0 Å². The monoisotopic (exact) mass is 262 g/mol.